The summed E-state index contributed by atoms with van der Waals surface area (Å²) in [5.41, 5.74) is -2.87. The first-order valence-corrected chi connectivity index (χ1v) is 8.69. The molecule has 0 rings (SSSR count). The molecular weight excluding hydrogens is 360 g/mol. The summed E-state index contributed by atoms with van der Waals surface area (Å²) in [6.07, 6.45) is 4.57. The van der Waals surface area contributed by atoms with Crippen molar-refractivity contribution in [2.45, 2.75) is 57.5 Å². The van der Waals surface area contributed by atoms with E-state index in [1.807, 2.05) is 0 Å². The largest absolute Gasteiger partial charge is 0.550 e. The zero-order valence-corrected chi connectivity index (χ0v) is 15.3. The number of hydrogen-bond acceptors (Lipinski definition) is 8. The second-order valence-corrected chi connectivity index (χ2v) is 6.11. The molecule has 0 aliphatic carbocycles. The van der Waals surface area contributed by atoms with Gasteiger partial charge in [0, 0.05) is 25.0 Å². The second kappa shape index (κ2) is 12.8. The molecule has 0 fully saturated rings. The minimum Gasteiger partial charge on any atom is -0.550 e. The molecule has 1 atom stereocenters. The number of carboxylic acids is 2. The van der Waals surface area contributed by atoms with Crippen molar-refractivity contribution in [3.05, 3.63) is 12.2 Å². The van der Waals surface area contributed by atoms with Crippen molar-refractivity contribution in [3.63, 3.8) is 0 Å². The number of aliphatic hydroxyl groups is 1. The van der Waals surface area contributed by atoms with Crippen molar-refractivity contribution in [1.82, 2.24) is 10.4 Å². The molecule has 0 aliphatic rings. The molecule has 0 spiro atoms. The summed E-state index contributed by atoms with van der Waals surface area (Å²) in [4.78, 5) is 44.5. The van der Waals surface area contributed by atoms with Gasteiger partial charge in [0.25, 0.3) is 5.91 Å². The number of aliphatic carboxylic acids is 2. The normalized spacial score (nSPS) is 13.1. The molecule has 0 saturated carbocycles. The van der Waals surface area contributed by atoms with Crippen LogP contribution >= 0.6 is 0 Å². The highest BCUT2D eigenvalue weighted by atomic mass is 16.5. The van der Waals surface area contributed by atoms with Crippen LogP contribution < -0.4 is 15.5 Å². The van der Waals surface area contributed by atoms with Gasteiger partial charge in [0.05, 0.1) is 18.9 Å². The van der Waals surface area contributed by atoms with E-state index in [1.165, 1.54) is 6.08 Å². The zero-order chi connectivity index (χ0) is 20.9. The summed E-state index contributed by atoms with van der Waals surface area (Å²) in [6.45, 7) is 1.95. The highest BCUT2D eigenvalue weighted by Crippen LogP contribution is 2.14. The number of nitrogens with zero attached hydrogens (tertiary/aromatic N) is 1. The number of allylic oxidation sites excluding steroid dienone is 1. The number of unbranched alkanes of at least 4 members (excludes halogenated alkanes) is 3. The van der Waals surface area contributed by atoms with Crippen molar-refractivity contribution < 1.29 is 39.7 Å². The summed E-state index contributed by atoms with van der Waals surface area (Å²) in [6, 6.07) is 0. The molecule has 27 heavy (non-hydrogen) atoms. The van der Waals surface area contributed by atoms with Gasteiger partial charge in [0.2, 0.25) is 5.91 Å². The molecule has 0 aromatic heterocycles. The Hall–Kier alpha value is -2.46. The Labute approximate surface area is 157 Å². The van der Waals surface area contributed by atoms with Gasteiger partial charge in [-0.3, -0.25) is 14.8 Å². The summed E-state index contributed by atoms with van der Waals surface area (Å²) >= 11 is 0. The zero-order valence-electron chi connectivity index (χ0n) is 15.3. The number of carbonyl (C=O) groups excluding carboxylic acids is 4. The molecule has 3 N–H and O–H groups in total. The van der Waals surface area contributed by atoms with E-state index in [2.05, 4.69) is 12.2 Å². The molecule has 2 amide bonds. The monoisotopic (exact) mass is 386 g/mol. The SMILES string of the molecule is CCCCC/C=C/C(=O)N(O)CCCNC(=O)CC(O)(CC(=O)[O-])C(=O)[O-]. The maximum atomic E-state index is 11.6. The lowest BCUT2D eigenvalue weighted by molar-refractivity contribution is -0.333. The highest BCUT2D eigenvalue weighted by Gasteiger charge is 2.32. The van der Waals surface area contributed by atoms with E-state index in [1.54, 1.807) is 6.08 Å². The molecule has 10 nitrogen and oxygen atoms in total. The van der Waals surface area contributed by atoms with Gasteiger partial charge < -0.3 is 30.2 Å². The number of rotatable bonds is 14. The predicted octanol–water partition coefficient (Wildman–Crippen LogP) is -2.14. The average Bonchev–Trinajstić information content (AvgIpc) is 2.57. The fourth-order valence-electron chi connectivity index (χ4n) is 2.12. The average molecular weight is 386 g/mol. The summed E-state index contributed by atoms with van der Waals surface area (Å²) in [5, 5.41) is 43.2. The molecule has 0 radical (unpaired) electrons. The van der Waals surface area contributed by atoms with Crippen molar-refractivity contribution in [2.24, 2.45) is 0 Å². The fraction of sp³-hybridized carbons (Fsp3) is 0.647. The van der Waals surface area contributed by atoms with Gasteiger partial charge in [0.15, 0.2) is 0 Å². The van der Waals surface area contributed by atoms with Crippen LogP contribution in [0.2, 0.25) is 0 Å². The maximum absolute atomic E-state index is 11.6. The molecule has 0 aromatic carbocycles. The molecule has 0 aromatic rings. The predicted molar refractivity (Wildman–Crippen MR) is 88.6 cm³/mol. The Morgan fingerprint density at radius 2 is 1.78 bits per heavy atom. The van der Waals surface area contributed by atoms with Gasteiger partial charge in [-0.05, 0) is 19.3 Å². The molecule has 1 unspecified atom stereocenters. The van der Waals surface area contributed by atoms with Crippen LogP contribution in [0.25, 0.3) is 0 Å². The molecular formula is C17H26N2O8-2. The molecule has 0 heterocycles. The van der Waals surface area contributed by atoms with E-state index in [0.29, 0.717) is 5.06 Å². The minimum atomic E-state index is -2.87. The fourth-order valence-corrected chi connectivity index (χ4v) is 2.12. The number of carbonyl (C=O) groups is 4. The van der Waals surface area contributed by atoms with Gasteiger partial charge in [-0.25, -0.2) is 5.06 Å². The van der Waals surface area contributed by atoms with Crippen LogP contribution in [0.15, 0.2) is 12.2 Å². The molecule has 0 bridgehead atoms. The van der Waals surface area contributed by atoms with Crippen LogP contribution in [0.1, 0.15) is 51.9 Å². The molecule has 0 saturated heterocycles. The van der Waals surface area contributed by atoms with Gasteiger partial charge in [0.1, 0.15) is 5.60 Å². The van der Waals surface area contributed by atoms with Crippen LogP contribution in [-0.4, -0.2) is 57.8 Å². The van der Waals surface area contributed by atoms with Crippen molar-refractivity contribution in [1.29, 1.82) is 0 Å². The Bertz CT molecular complexity index is 549. The Morgan fingerprint density at radius 3 is 2.33 bits per heavy atom. The van der Waals surface area contributed by atoms with Gasteiger partial charge in [-0.15, -0.1) is 0 Å². The third kappa shape index (κ3) is 11.0. The van der Waals surface area contributed by atoms with Crippen LogP contribution in [0.5, 0.6) is 0 Å². The first-order chi connectivity index (χ1) is 12.6. The van der Waals surface area contributed by atoms with E-state index >= 15 is 0 Å². The number of hydroxylamine groups is 2. The third-order valence-electron chi connectivity index (χ3n) is 3.63. The molecule has 154 valence electrons. The Balaban J connectivity index is 4.18. The smallest absolute Gasteiger partial charge is 0.269 e. The number of amides is 2. The van der Waals surface area contributed by atoms with Crippen molar-refractivity contribution in [3.8, 4) is 0 Å². The standard InChI is InChI=1S/C17H28N2O8/c1-2-3-4-5-6-8-14(21)19(27)10-7-9-18-13(20)11-17(26,16(24)25)12-15(22)23/h6,8,26-27H,2-5,7,9-12H2,1H3,(H,18,20)(H,22,23)(H,24,25)/p-2/b8-6+. The second-order valence-electron chi connectivity index (χ2n) is 6.11. The van der Waals surface area contributed by atoms with Crippen LogP contribution in [-0.2, 0) is 19.2 Å². The molecule has 0 aliphatic heterocycles. The topological polar surface area (TPSA) is 170 Å². The van der Waals surface area contributed by atoms with E-state index in [0.717, 1.165) is 25.7 Å². The number of nitrogens with one attached hydrogen (secondary N) is 1. The molecule has 10 heteroatoms. The van der Waals surface area contributed by atoms with Gasteiger partial charge in [-0.1, -0.05) is 25.8 Å². The maximum Gasteiger partial charge on any atom is 0.269 e. The van der Waals surface area contributed by atoms with Gasteiger partial charge >= 0.3 is 0 Å². The van der Waals surface area contributed by atoms with Crippen LogP contribution in [0, 0.1) is 0 Å². The van der Waals surface area contributed by atoms with Crippen LogP contribution in [0.3, 0.4) is 0 Å². The van der Waals surface area contributed by atoms with Gasteiger partial charge in [-0.2, -0.15) is 0 Å². The summed E-state index contributed by atoms with van der Waals surface area (Å²) in [7, 11) is 0. The first kappa shape index (κ1) is 24.5. The Kier molecular flexibility index (Phi) is 11.7. The van der Waals surface area contributed by atoms with Crippen molar-refractivity contribution >= 4 is 23.8 Å². The van der Waals surface area contributed by atoms with Crippen molar-refractivity contribution in [2.75, 3.05) is 13.1 Å². The van der Waals surface area contributed by atoms with Crippen LogP contribution in [0.4, 0.5) is 0 Å². The summed E-state index contributed by atoms with van der Waals surface area (Å²) in [5.74, 6) is -5.46. The van der Waals surface area contributed by atoms with E-state index in [9.17, 15) is 39.7 Å². The first-order valence-electron chi connectivity index (χ1n) is 8.69. The minimum absolute atomic E-state index is 0.0299. The third-order valence-corrected chi connectivity index (χ3v) is 3.63. The lowest BCUT2D eigenvalue weighted by Gasteiger charge is -2.28. The lowest BCUT2D eigenvalue weighted by atomic mass is 9.95. The van der Waals surface area contributed by atoms with E-state index < -0.39 is 42.2 Å². The highest BCUT2D eigenvalue weighted by molar-refractivity contribution is 5.89. The summed E-state index contributed by atoms with van der Waals surface area (Å²) < 4.78 is 0. The number of hydrogen-bond donors (Lipinski definition) is 3. The quantitative estimate of drug-likeness (QED) is 0.131. The van der Waals surface area contributed by atoms with E-state index in [-0.39, 0.29) is 19.5 Å². The lowest BCUT2D eigenvalue weighted by Crippen LogP contribution is -2.53. The van der Waals surface area contributed by atoms with E-state index in [4.69, 9.17) is 0 Å². The number of carboxylic acid groups (broad SMARTS) is 2. The Morgan fingerprint density at radius 1 is 1.11 bits per heavy atom.